The minimum Gasteiger partial charge on any atom is -0.268 e. The summed E-state index contributed by atoms with van der Waals surface area (Å²) in [7, 11) is 0. The number of aryl methyl sites for hydroxylation is 2. The van der Waals surface area contributed by atoms with Gasteiger partial charge in [-0.1, -0.05) is 15.9 Å². The van der Waals surface area contributed by atoms with Gasteiger partial charge in [-0.15, -0.1) is 0 Å². The Balaban J connectivity index is 2.59. The van der Waals surface area contributed by atoms with Crippen LogP contribution in [-0.2, 0) is 0 Å². The van der Waals surface area contributed by atoms with Crippen LogP contribution in [0.15, 0.2) is 33.5 Å². The highest BCUT2D eigenvalue weighted by Crippen LogP contribution is 2.19. The van der Waals surface area contributed by atoms with Gasteiger partial charge in [0.25, 0.3) is 5.56 Å². The summed E-state index contributed by atoms with van der Waals surface area (Å²) in [4.78, 5) is 11.2. The second-order valence-corrected chi connectivity index (χ2v) is 4.39. The molecule has 0 saturated heterocycles. The molecule has 3 nitrogen and oxygen atoms in total. The maximum Gasteiger partial charge on any atom is 0.264 e. The molecule has 1 aromatic heterocycles. The Morgan fingerprint density at radius 2 is 2.00 bits per heavy atom. The predicted octanol–water partition coefficient (Wildman–Crippen LogP) is 2.54. The van der Waals surface area contributed by atoms with E-state index in [1.54, 1.807) is 10.7 Å². The molecule has 15 heavy (non-hydrogen) atoms. The number of nitrogens with one attached hydrogen (secondary N) is 1. The van der Waals surface area contributed by atoms with Gasteiger partial charge in [-0.25, -0.2) is 0 Å². The van der Waals surface area contributed by atoms with Gasteiger partial charge >= 0.3 is 0 Å². The molecule has 0 fully saturated rings. The van der Waals surface area contributed by atoms with E-state index in [0.29, 0.717) is 0 Å². The van der Waals surface area contributed by atoms with Gasteiger partial charge in [-0.2, -0.15) is 0 Å². The predicted molar refractivity (Wildman–Crippen MR) is 63.6 cm³/mol. The summed E-state index contributed by atoms with van der Waals surface area (Å²) in [5.74, 6) is 0. The maximum absolute atomic E-state index is 11.2. The summed E-state index contributed by atoms with van der Waals surface area (Å²) in [5.41, 5.74) is 2.94. The number of aromatic amines is 1. The topological polar surface area (TPSA) is 37.8 Å². The molecule has 4 heteroatoms. The average molecular weight is 267 g/mol. The Morgan fingerprint density at radius 3 is 2.53 bits per heavy atom. The minimum atomic E-state index is -0.0759. The number of H-pyrrole nitrogens is 1. The molecular formula is C11H11BrN2O. The van der Waals surface area contributed by atoms with Gasteiger partial charge in [-0.3, -0.25) is 14.6 Å². The van der Waals surface area contributed by atoms with Crippen LogP contribution in [0.3, 0.4) is 0 Å². The van der Waals surface area contributed by atoms with E-state index in [9.17, 15) is 4.79 Å². The fraction of sp³-hybridized carbons (Fsp3) is 0.182. The minimum absolute atomic E-state index is 0.0759. The smallest absolute Gasteiger partial charge is 0.264 e. The standard InChI is InChI=1S/C11H11BrN2O/c1-7-5-9(3-4-10(7)12)14-8(2)6-11(15)13-14/h3-6H,1-2H3,(H,13,15). The molecule has 78 valence electrons. The Labute approximate surface area is 95.9 Å². The highest BCUT2D eigenvalue weighted by atomic mass is 79.9. The Hall–Kier alpha value is -1.29. The van der Waals surface area contributed by atoms with Crippen molar-refractivity contribution in [2.45, 2.75) is 13.8 Å². The van der Waals surface area contributed by atoms with E-state index in [4.69, 9.17) is 0 Å². The summed E-state index contributed by atoms with van der Waals surface area (Å²) in [6.07, 6.45) is 0. The van der Waals surface area contributed by atoms with Crippen LogP contribution in [0.25, 0.3) is 5.69 Å². The molecular weight excluding hydrogens is 256 g/mol. The second kappa shape index (κ2) is 3.70. The number of nitrogens with zero attached hydrogens (tertiary/aromatic N) is 1. The molecule has 1 heterocycles. The maximum atomic E-state index is 11.2. The fourth-order valence-electron chi connectivity index (χ4n) is 1.52. The van der Waals surface area contributed by atoms with E-state index >= 15 is 0 Å². The highest BCUT2D eigenvalue weighted by Gasteiger charge is 2.03. The van der Waals surface area contributed by atoms with Crippen molar-refractivity contribution in [2.24, 2.45) is 0 Å². The first-order chi connectivity index (χ1) is 7.08. The van der Waals surface area contributed by atoms with Crippen molar-refractivity contribution < 1.29 is 0 Å². The van der Waals surface area contributed by atoms with E-state index in [1.165, 1.54) is 0 Å². The molecule has 0 aliphatic rings. The van der Waals surface area contributed by atoms with Gasteiger partial charge in [0, 0.05) is 16.2 Å². The number of rotatable bonds is 1. The van der Waals surface area contributed by atoms with Crippen LogP contribution in [0.1, 0.15) is 11.3 Å². The SMILES string of the molecule is Cc1cc(-n2[nH]c(=O)cc2C)ccc1Br. The lowest BCUT2D eigenvalue weighted by atomic mass is 10.2. The van der Waals surface area contributed by atoms with Gasteiger partial charge < -0.3 is 0 Å². The molecule has 0 aliphatic heterocycles. The first kappa shape index (κ1) is 10.2. The van der Waals surface area contributed by atoms with Crippen molar-refractivity contribution in [2.75, 3.05) is 0 Å². The number of hydrogen-bond acceptors (Lipinski definition) is 1. The quantitative estimate of drug-likeness (QED) is 0.847. The van der Waals surface area contributed by atoms with Crippen molar-refractivity contribution in [3.63, 3.8) is 0 Å². The van der Waals surface area contributed by atoms with Crippen molar-refractivity contribution >= 4 is 15.9 Å². The molecule has 1 N–H and O–H groups in total. The van der Waals surface area contributed by atoms with Crippen molar-refractivity contribution in [1.29, 1.82) is 0 Å². The molecule has 0 saturated carbocycles. The monoisotopic (exact) mass is 266 g/mol. The molecule has 0 spiro atoms. The second-order valence-electron chi connectivity index (χ2n) is 3.53. The molecule has 0 amide bonds. The van der Waals surface area contributed by atoms with Crippen LogP contribution in [0, 0.1) is 13.8 Å². The van der Waals surface area contributed by atoms with E-state index in [1.807, 2.05) is 32.0 Å². The molecule has 0 radical (unpaired) electrons. The zero-order chi connectivity index (χ0) is 11.0. The molecule has 0 bridgehead atoms. The molecule has 1 aromatic carbocycles. The lowest BCUT2D eigenvalue weighted by Gasteiger charge is -2.07. The summed E-state index contributed by atoms with van der Waals surface area (Å²) in [6, 6.07) is 7.53. The van der Waals surface area contributed by atoms with Crippen LogP contribution < -0.4 is 5.56 Å². The van der Waals surface area contributed by atoms with Crippen LogP contribution in [0.5, 0.6) is 0 Å². The third-order valence-electron chi connectivity index (χ3n) is 2.31. The zero-order valence-electron chi connectivity index (χ0n) is 8.54. The van der Waals surface area contributed by atoms with Crippen LogP contribution in [0.4, 0.5) is 0 Å². The third-order valence-corrected chi connectivity index (χ3v) is 3.20. The zero-order valence-corrected chi connectivity index (χ0v) is 10.1. The summed E-state index contributed by atoms with van der Waals surface area (Å²) >= 11 is 3.44. The van der Waals surface area contributed by atoms with Gasteiger partial charge in [0.1, 0.15) is 0 Å². The third kappa shape index (κ3) is 1.90. The first-order valence-corrected chi connectivity index (χ1v) is 5.42. The molecule has 0 unspecified atom stereocenters. The number of benzene rings is 1. The van der Waals surface area contributed by atoms with Crippen LogP contribution in [-0.4, -0.2) is 9.78 Å². The van der Waals surface area contributed by atoms with Crippen LogP contribution in [0.2, 0.25) is 0 Å². The van der Waals surface area contributed by atoms with E-state index in [-0.39, 0.29) is 5.56 Å². The van der Waals surface area contributed by atoms with Crippen molar-refractivity contribution in [3.8, 4) is 5.69 Å². The number of aromatic nitrogens is 2. The lowest BCUT2D eigenvalue weighted by Crippen LogP contribution is -2.04. The van der Waals surface area contributed by atoms with E-state index in [2.05, 4.69) is 21.0 Å². The summed E-state index contributed by atoms with van der Waals surface area (Å²) < 4.78 is 2.85. The molecule has 0 atom stereocenters. The Bertz CT molecular complexity index is 554. The van der Waals surface area contributed by atoms with Gasteiger partial charge in [0.2, 0.25) is 0 Å². The Morgan fingerprint density at radius 1 is 1.27 bits per heavy atom. The van der Waals surface area contributed by atoms with E-state index in [0.717, 1.165) is 21.4 Å². The van der Waals surface area contributed by atoms with E-state index < -0.39 is 0 Å². The highest BCUT2D eigenvalue weighted by molar-refractivity contribution is 9.10. The summed E-state index contributed by atoms with van der Waals surface area (Å²) in [5, 5.41) is 2.75. The first-order valence-electron chi connectivity index (χ1n) is 4.63. The number of halogens is 1. The lowest BCUT2D eigenvalue weighted by molar-refractivity contribution is 0.833. The molecule has 2 aromatic rings. The molecule has 2 rings (SSSR count). The van der Waals surface area contributed by atoms with Gasteiger partial charge in [0.05, 0.1) is 5.69 Å². The van der Waals surface area contributed by atoms with Crippen molar-refractivity contribution in [3.05, 3.63) is 50.3 Å². The summed E-state index contributed by atoms with van der Waals surface area (Å²) in [6.45, 7) is 3.92. The largest absolute Gasteiger partial charge is 0.268 e. The Kier molecular flexibility index (Phi) is 2.52. The average Bonchev–Trinajstić information content (AvgIpc) is 2.50. The molecule has 0 aliphatic carbocycles. The number of hydrogen-bond donors (Lipinski definition) is 1. The van der Waals surface area contributed by atoms with Gasteiger partial charge in [-0.05, 0) is 37.6 Å². The van der Waals surface area contributed by atoms with Gasteiger partial charge in [0.15, 0.2) is 0 Å². The van der Waals surface area contributed by atoms with Crippen molar-refractivity contribution in [1.82, 2.24) is 9.78 Å². The normalized spacial score (nSPS) is 10.6. The van der Waals surface area contributed by atoms with Crippen LogP contribution >= 0.6 is 15.9 Å². The fourth-order valence-corrected chi connectivity index (χ4v) is 1.77.